The van der Waals surface area contributed by atoms with Crippen LogP contribution in [0.2, 0.25) is 0 Å². The molecule has 5 rings (SSSR count). The molecule has 0 saturated heterocycles. The standard InChI is InChI=1S/C32H33BrFN5O3S/c1-6-13-43-32-37-31-35-20(4)27(30(40)36-25-12-11-18(2)14-19(25)3)28(39(31)38-32)22-15-23(33)29(26(16-22)41-5)42-17-21-9-7-8-10-24(21)34/h7-12,14-16,28H,6,13,17H2,1-5H3,(H,36,40)(H,35,37,38). The number of nitrogens with one attached hydrogen (secondary N) is 2. The number of allylic oxidation sites excluding steroid dienone is 1. The van der Waals surface area contributed by atoms with Crippen molar-refractivity contribution in [2.45, 2.75) is 51.9 Å². The highest BCUT2D eigenvalue weighted by atomic mass is 79.9. The number of methoxy groups -OCH3 is 1. The maximum Gasteiger partial charge on any atom is 0.255 e. The van der Waals surface area contributed by atoms with Crippen molar-refractivity contribution in [1.29, 1.82) is 0 Å². The van der Waals surface area contributed by atoms with E-state index in [2.05, 4.69) is 33.5 Å². The molecule has 224 valence electrons. The summed E-state index contributed by atoms with van der Waals surface area (Å²) in [6, 6.07) is 15.4. The number of amides is 1. The van der Waals surface area contributed by atoms with Crippen molar-refractivity contribution in [1.82, 2.24) is 14.8 Å². The van der Waals surface area contributed by atoms with Crippen LogP contribution in [0, 0.1) is 19.7 Å². The average Bonchev–Trinajstić information content (AvgIpc) is 3.38. The fraction of sp³-hybridized carbons (Fsp3) is 0.281. The van der Waals surface area contributed by atoms with Gasteiger partial charge in [0.2, 0.25) is 11.1 Å². The monoisotopic (exact) mass is 665 g/mol. The van der Waals surface area contributed by atoms with Gasteiger partial charge in [-0.2, -0.15) is 4.98 Å². The topological polar surface area (TPSA) is 90.3 Å². The van der Waals surface area contributed by atoms with E-state index in [1.165, 1.54) is 6.07 Å². The lowest BCUT2D eigenvalue weighted by molar-refractivity contribution is -0.113. The number of benzene rings is 3. The van der Waals surface area contributed by atoms with Crippen LogP contribution in [0.25, 0.3) is 0 Å². The zero-order valence-corrected chi connectivity index (χ0v) is 27.0. The van der Waals surface area contributed by atoms with Crippen LogP contribution in [0.4, 0.5) is 16.0 Å². The molecule has 0 bridgehead atoms. The number of nitrogens with zero attached hydrogens (tertiary/aromatic N) is 3. The summed E-state index contributed by atoms with van der Waals surface area (Å²) in [7, 11) is 1.54. The summed E-state index contributed by atoms with van der Waals surface area (Å²) in [6.07, 6.45) is 0.977. The Balaban J connectivity index is 1.56. The molecule has 1 aliphatic heterocycles. The van der Waals surface area contributed by atoms with Gasteiger partial charge >= 0.3 is 0 Å². The van der Waals surface area contributed by atoms with Gasteiger partial charge in [0, 0.05) is 22.7 Å². The van der Waals surface area contributed by atoms with Crippen molar-refractivity contribution >= 4 is 45.2 Å². The molecule has 2 heterocycles. The third-order valence-corrected chi connectivity index (χ3v) is 8.67. The summed E-state index contributed by atoms with van der Waals surface area (Å²) in [4.78, 5) is 18.7. The summed E-state index contributed by atoms with van der Waals surface area (Å²) in [5.74, 6) is 1.64. The summed E-state index contributed by atoms with van der Waals surface area (Å²) in [6.45, 7) is 7.96. The third-order valence-electron chi connectivity index (χ3n) is 7.04. The van der Waals surface area contributed by atoms with E-state index in [0.29, 0.717) is 43.9 Å². The second-order valence-electron chi connectivity index (χ2n) is 10.3. The molecule has 3 aromatic carbocycles. The van der Waals surface area contributed by atoms with Crippen molar-refractivity contribution in [2.75, 3.05) is 23.5 Å². The second kappa shape index (κ2) is 13.2. The number of rotatable bonds is 10. The van der Waals surface area contributed by atoms with Crippen molar-refractivity contribution in [3.05, 3.63) is 98.4 Å². The van der Waals surface area contributed by atoms with Crippen LogP contribution >= 0.6 is 27.7 Å². The molecular weight excluding hydrogens is 633 g/mol. The molecule has 1 unspecified atom stereocenters. The van der Waals surface area contributed by atoms with E-state index in [0.717, 1.165) is 34.6 Å². The maximum atomic E-state index is 14.3. The number of anilines is 2. The number of aromatic nitrogens is 3. The highest BCUT2D eigenvalue weighted by Crippen LogP contribution is 2.43. The second-order valence-corrected chi connectivity index (χ2v) is 12.2. The van der Waals surface area contributed by atoms with E-state index in [1.807, 2.05) is 51.1 Å². The molecular formula is C32H33BrFN5O3S. The minimum atomic E-state index is -0.628. The molecule has 0 radical (unpaired) electrons. The van der Waals surface area contributed by atoms with Gasteiger partial charge in [0.05, 0.1) is 17.2 Å². The number of carbonyl (C=O) groups excluding carboxylic acids is 1. The van der Waals surface area contributed by atoms with Crippen molar-refractivity contribution in [3.8, 4) is 11.5 Å². The van der Waals surface area contributed by atoms with Gasteiger partial charge in [0.1, 0.15) is 18.5 Å². The molecule has 11 heteroatoms. The molecule has 1 atom stereocenters. The third kappa shape index (κ3) is 6.57. The minimum Gasteiger partial charge on any atom is -0.493 e. The number of ether oxygens (including phenoxy) is 2. The summed E-state index contributed by atoms with van der Waals surface area (Å²) >= 11 is 5.20. The van der Waals surface area contributed by atoms with Crippen molar-refractivity contribution < 1.29 is 18.7 Å². The number of thioether (sulfide) groups is 1. The molecule has 1 aliphatic rings. The Hall–Kier alpha value is -3.83. The molecule has 0 saturated carbocycles. The SMILES string of the molecule is CCCSc1nc2n(n1)C(c1cc(Br)c(OCc3ccccc3F)c(OC)c1)C(C(=O)Nc1ccc(C)cc1C)=C(C)N2. The largest absolute Gasteiger partial charge is 0.493 e. The Morgan fingerprint density at radius 1 is 1.16 bits per heavy atom. The van der Waals surface area contributed by atoms with Crippen LogP contribution < -0.4 is 20.1 Å². The van der Waals surface area contributed by atoms with Gasteiger partial charge in [0.15, 0.2) is 11.5 Å². The fourth-order valence-corrected chi connectivity index (χ4v) is 6.19. The Bertz CT molecular complexity index is 1710. The van der Waals surface area contributed by atoms with Crippen molar-refractivity contribution in [2.24, 2.45) is 0 Å². The number of aryl methyl sites for hydroxylation is 2. The van der Waals surface area contributed by atoms with E-state index in [1.54, 1.807) is 41.8 Å². The molecule has 2 N–H and O–H groups in total. The maximum absolute atomic E-state index is 14.3. The first-order valence-electron chi connectivity index (χ1n) is 13.9. The summed E-state index contributed by atoms with van der Waals surface area (Å²) < 4.78 is 28.4. The number of hydrogen-bond acceptors (Lipinski definition) is 7. The van der Waals surface area contributed by atoms with E-state index in [-0.39, 0.29) is 18.3 Å². The zero-order valence-electron chi connectivity index (χ0n) is 24.6. The summed E-state index contributed by atoms with van der Waals surface area (Å²) in [5, 5.41) is 11.8. The van der Waals surface area contributed by atoms with Crippen LogP contribution in [0.5, 0.6) is 11.5 Å². The lowest BCUT2D eigenvalue weighted by Gasteiger charge is -2.29. The molecule has 1 aromatic heterocycles. The van der Waals surface area contributed by atoms with Gasteiger partial charge in [-0.3, -0.25) is 4.79 Å². The first-order chi connectivity index (χ1) is 20.7. The highest BCUT2D eigenvalue weighted by molar-refractivity contribution is 9.10. The normalized spacial score (nSPS) is 14.3. The number of halogens is 2. The van der Waals surface area contributed by atoms with E-state index in [9.17, 15) is 9.18 Å². The molecule has 43 heavy (non-hydrogen) atoms. The van der Waals surface area contributed by atoms with Crippen LogP contribution in [0.15, 0.2) is 75.5 Å². The van der Waals surface area contributed by atoms with Gasteiger partial charge in [-0.15, -0.1) is 5.10 Å². The molecule has 0 fully saturated rings. The van der Waals surface area contributed by atoms with E-state index >= 15 is 0 Å². The predicted octanol–water partition coefficient (Wildman–Crippen LogP) is 7.81. The highest BCUT2D eigenvalue weighted by Gasteiger charge is 2.35. The minimum absolute atomic E-state index is 0.0160. The van der Waals surface area contributed by atoms with Crippen LogP contribution in [-0.4, -0.2) is 33.5 Å². The molecule has 4 aromatic rings. The number of hydrogen-bond donors (Lipinski definition) is 2. The molecule has 0 aliphatic carbocycles. The van der Waals surface area contributed by atoms with Gasteiger partial charge < -0.3 is 20.1 Å². The van der Waals surface area contributed by atoms with Crippen LogP contribution in [0.1, 0.15) is 48.6 Å². The lowest BCUT2D eigenvalue weighted by atomic mass is 9.94. The Morgan fingerprint density at radius 2 is 1.95 bits per heavy atom. The van der Waals surface area contributed by atoms with Gasteiger partial charge in [-0.1, -0.05) is 54.6 Å². The van der Waals surface area contributed by atoms with Crippen molar-refractivity contribution in [3.63, 3.8) is 0 Å². The van der Waals surface area contributed by atoms with Crippen LogP contribution in [0.3, 0.4) is 0 Å². The summed E-state index contributed by atoms with van der Waals surface area (Å²) in [5.41, 5.74) is 5.11. The lowest BCUT2D eigenvalue weighted by Crippen LogP contribution is -2.31. The zero-order chi connectivity index (χ0) is 30.7. The van der Waals surface area contributed by atoms with Gasteiger partial charge in [0.25, 0.3) is 5.91 Å². The quantitative estimate of drug-likeness (QED) is 0.167. The smallest absolute Gasteiger partial charge is 0.255 e. The van der Waals surface area contributed by atoms with E-state index in [4.69, 9.17) is 19.6 Å². The van der Waals surface area contributed by atoms with Crippen LogP contribution in [-0.2, 0) is 11.4 Å². The first kappa shape index (κ1) is 30.6. The van der Waals surface area contributed by atoms with Gasteiger partial charge in [-0.25, -0.2) is 9.07 Å². The number of fused-ring (bicyclic) bond motifs is 1. The van der Waals surface area contributed by atoms with E-state index < -0.39 is 6.04 Å². The Kier molecular flexibility index (Phi) is 9.41. The molecule has 8 nitrogen and oxygen atoms in total. The first-order valence-corrected chi connectivity index (χ1v) is 15.7. The molecule has 1 amide bonds. The Labute approximate surface area is 263 Å². The van der Waals surface area contributed by atoms with Gasteiger partial charge in [-0.05, 0) is 78.5 Å². The predicted molar refractivity (Wildman–Crippen MR) is 171 cm³/mol. The fourth-order valence-electron chi connectivity index (χ4n) is 4.93. The molecule has 0 spiro atoms. The average molecular weight is 667 g/mol. The number of carbonyl (C=O) groups is 1. The Morgan fingerprint density at radius 3 is 2.67 bits per heavy atom.